The lowest BCUT2D eigenvalue weighted by Crippen LogP contribution is -2.10. The normalized spacial score (nSPS) is 10.8. The van der Waals surface area contributed by atoms with Gasteiger partial charge in [0, 0.05) is 23.6 Å². The van der Waals surface area contributed by atoms with E-state index in [4.69, 9.17) is 16.0 Å². The molecule has 1 aromatic carbocycles. The Morgan fingerprint density at radius 3 is 3.00 bits per heavy atom. The van der Waals surface area contributed by atoms with Crippen LogP contribution in [0.1, 0.15) is 11.5 Å². The maximum atomic E-state index is 6.08. The van der Waals surface area contributed by atoms with E-state index in [9.17, 15) is 0 Å². The van der Waals surface area contributed by atoms with E-state index in [1.165, 1.54) is 0 Å². The van der Waals surface area contributed by atoms with Crippen LogP contribution < -0.4 is 5.32 Å². The maximum Gasteiger partial charge on any atom is 0.196 e. The topological polar surface area (TPSA) is 38.1 Å². The largest absolute Gasteiger partial charge is 0.441 e. The molecule has 90 valence electrons. The predicted molar refractivity (Wildman–Crippen MR) is 69.3 cm³/mol. The second-order valence-electron chi connectivity index (χ2n) is 3.88. The number of benzene rings is 1. The molecule has 0 atom stereocenters. The van der Waals surface area contributed by atoms with Crippen molar-refractivity contribution in [3.05, 3.63) is 40.9 Å². The summed E-state index contributed by atoms with van der Waals surface area (Å²) >= 11 is 6.08. The highest BCUT2D eigenvalue weighted by atomic mass is 35.5. The van der Waals surface area contributed by atoms with Crippen molar-refractivity contribution in [2.45, 2.75) is 13.3 Å². The molecule has 0 fully saturated rings. The van der Waals surface area contributed by atoms with Crippen LogP contribution in [0.2, 0.25) is 5.02 Å². The Labute approximate surface area is 106 Å². The zero-order valence-electron chi connectivity index (χ0n) is 9.96. The van der Waals surface area contributed by atoms with Gasteiger partial charge in [0.15, 0.2) is 11.7 Å². The first-order valence-electron chi connectivity index (χ1n) is 5.57. The zero-order valence-corrected chi connectivity index (χ0v) is 10.7. The Balaban J connectivity index is 2.27. The molecule has 3 nitrogen and oxygen atoms in total. The molecule has 17 heavy (non-hydrogen) atoms. The second-order valence-corrected chi connectivity index (χ2v) is 4.29. The molecule has 0 saturated heterocycles. The van der Waals surface area contributed by atoms with Crippen LogP contribution in [0.5, 0.6) is 0 Å². The minimum atomic E-state index is 0.744. The standard InChI is InChI=1S/C13H15ClN2O/c1-9-10(4-3-5-11(9)14)12-8-16-13(17-12)6-7-15-2/h3-5,8,15H,6-7H2,1-2H3. The van der Waals surface area contributed by atoms with Gasteiger partial charge in [-0.2, -0.15) is 0 Å². The fraction of sp³-hybridized carbons (Fsp3) is 0.308. The summed E-state index contributed by atoms with van der Waals surface area (Å²) in [4.78, 5) is 4.25. The predicted octanol–water partition coefficient (Wildman–Crippen LogP) is 3.07. The maximum absolute atomic E-state index is 6.08. The molecule has 2 aromatic rings. The van der Waals surface area contributed by atoms with Crippen molar-refractivity contribution >= 4 is 11.6 Å². The summed E-state index contributed by atoms with van der Waals surface area (Å²) in [6.07, 6.45) is 2.54. The van der Waals surface area contributed by atoms with Crippen LogP contribution in [0.25, 0.3) is 11.3 Å². The molecule has 1 N–H and O–H groups in total. The molecule has 2 rings (SSSR count). The molecule has 0 aliphatic rings. The second kappa shape index (κ2) is 5.34. The molecule has 0 saturated carbocycles. The summed E-state index contributed by atoms with van der Waals surface area (Å²) in [5.41, 5.74) is 2.02. The summed E-state index contributed by atoms with van der Waals surface area (Å²) in [6.45, 7) is 2.84. The van der Waals surface area contributed by atoms with Gasteiger partial charge in [-0.25, -0.2) is 4.98 Å². The van der Waals surface area contributed by atoms with Crippen molar-refractivity contribution in [2.75, 3.05) is 13.6 Å². The van der Waals surface area contributed by atoms with Gasteiger partial charge in [-0.15, -0.1) is 0 Å². The molecule has 1 aromatic heterocycles. The van der Waals surface area contributed by atoms with Gasteiger partial charge >= 0.3 is 0 Å². The zero-order chi connectivity index (χ0) is 12.3. The van der Waals surface area contributed by atoms with Crippen molar-refractivity contribution < 1.29 is 4.42 Å². The first kappa shape index (κ1) is 12.1. The van der Waals surface area contributed by atoms with E-state index in [1.54, 1.807) is 6.20 Å². The molecule has 0 spiro atoms. The number of nitrogens with one attached hydrogen (secondary N) is 1. The van der Waals surface area contributed by atoms with Crippen molar-refractivity contribution in [1.82, 2.24) is 10.3 Å². The average molecular weight is 251 g/mol. The van der Waals surface area contributed by atoms with Gasteiger partial charge in [0.25, 0.3) is 0 Å². The third-order valence-electron chi connectivity index (χ3n) is 2.68. The molecule has 0 radical (unpaired) electrons. The highest BCUT2D eigenvalue weighted by molar-refractivity contribution is 6.31. The van der Waals surface area contributed by atoms with Crippen molar-refractivity contribution in [3.8, 4) is 11.3 Å². The van der Waals surface area contributed by atoms with Crippen molar-refractivity contribution in [1.29, 1.82) is 0 Å². The van der Waals surface area contributed by atoms with Crippen LogP contribution in [-0.4, -0.2) is 18.6 Å². The van der Waals surface area contributed by atoms with E-state index in [0.717, 1.165) is 40.8 Å². The molecular weight excluding hydrogens is 236 g/mol. The minimum absolute atomic E-state index is 0.744. The first-order valence-corrected chi connectivity index (χ1v) is 5.95. The molecule has 0 aliphatic heterocycles. The Hall–Kier alpha value is -1.32. The van der Waals surface area contributed by atoms with Crippen LogP contribution >= 0.6 is 11.6 Å². The third kappa shape index (κ3) is 2.68. The lowest BCUT2D eigenvalue weighted by molar-refractivity contribution is 0.500. The highest BCUT2D eigenvalue weighted by Gasteiger charge is 2.10. The van der Waals surface area contributed by atoms with Crippen LogP contribution in [0, 0.1) is 6.92 Å². The summed E-state index contributed by atoms with van der Waals surface area (Å²) in [7, 11) is 1.91. The van der Waals surface area contributed by atoms with Gasteiger partial charge in [0.2, 0.25) is 0 Å². The first-order chi connectivity index (χ1) is 8.22. The Kier molecular flexibility index (Phi) is 3.82. The van der Waals surface area contributed by atoms with E-state index in [0.29, 0.717) is 0 Å². The SMILES string of the molecule is CNCCc1ncc(-c2cccc(Cl)c2C)o1. The molecule has 0 unspecified atom stereocenters. The van der Waals surface area contributed by atoms with Crippen LogP contribution in [0.15, 0.2) is 28.8 Å². The number of oxazole rings is 1. The Morgan fingerprint density at radius 1 is 1.41 bits per heavy atom. The fourth-order valence-electron chi connectivity index (χ4n) is 1.66. The van der Waals surface area contributed by atoms with E-state index >= 15 is 0 Å². The molecule has 4 heteroatoms. The Bertz CT molecular complexity index is 508. The number of aromatic nitrogens is 1. The fourth-order valence-corrected chi connectivity index (χ4v) is 1.83. The number of rotatable bonds is 4. The van der Waals surface area contributed by atoms with Gasteiger partial charge in [-0.05, 0) is 25.6 Å². The number of hydrogen-bond donors (Lipinski definition) is 1. The van der Waals surface area contributed by atoms with Gasteiger partial charge < -0.3 is 9.73 Å². The number of likely N-dealkylation sites (N-methyl/N-ethyl adjacent to an activating group) is 1. The van der Waals surface area contributed by atoms with Crippen LogP contribution in [0.4, 0.5) is 0 Å². The third-order valence-corrected chi connectivity index (χ3v) is 3.09. The number of halogens is 1. The Morgan fingerprint density at radius 2 is 2.24 bits per heavy atom. The smallest absolute Gasteiger partial charge is 0.196 e. The summed E-state index contributed by atoms with van der Waals surface area (Å²) < 4.78 is 5.70. The van der Waals surface area contributed by atoms with Gasteiger partial charge in [-0.1, -0.05) is 23.7 Å². The summed E-state index contributed by atoms with van der Waals surface area (Å²) in [5.74, 6) is 1.52. The quantitative estimate of drug-likeness (QED) is 0.906. The van der Waals surface area contributed by atoms with Crippen molar-refractivity contribution in [2.24, 2.45) is 0 Å². The lowest BCUT2D eigenvalue weighted by Gasteiger charge is -2.03. The van der Waals surface area contributed by atoms with E-state index in [-0.39, 0.29) is 0 Å². The molecule has 0 bridgehead atoms. The van der Waals surface area contributed by atoms with E-state index in [1.807, 2.05) is 32.2 Å². The molecule has 0 aliphatic carbocycles. The van der Waals surface area contributed by atoms with E-state index in [2.05, 4.69) is 10.3 Å². The van der Waals surface area contributed by atoms with Gasteiger partial charge in [0.05, 0.1) is 6.20 Å². The monoisotopic (exact) mass is 250 g/mol. The van der Waals surface area contributed by atoms with Crippen LogP contribution in [-0.2, 0) is 6.42 Å². The minimum Gasteiger partial charge on any atom is -0.441 e. The summed E-state index contributed by atoms with van der Waals surface area (Å²) in [5, 5.41) is 3.81. The lowest BCUT2D eigenvalue weighted by atomic mass is 10.1. The number of hydrogen-bond acceptors (Lipinski definition) is 3. The summed E-state index contributed by atoms with van der Waals surface area (Å²) in [6, 6.07) is 5.78. The van der Waals surface area contributed by atoms with E-state index < -0.39 is 0 Å². The van der Waals surface area contributed by atoms with Crippen LogP contribution in [0.3, 0.4) is 0 Å². The molecule has 0 amide bonds. The highest BCUT2D eigenvalue weighted by Crippen LogP contribution is 2.28. The average Bonchev–Trinajstić information content (AvgIpc) is 2.78. The molecular formula is C13H15ClN2O. The van der Waals surface area contributed by atoms with Gasteiger partial charge in [0.1, 0.15) is 0 Å². The van der Waals surface area contributed by atoms with Crippen molar-refractivity contribution in [3.63, 3.8) is 0 Å². The number of nitrogens with zero attached hydrogens (tertiary/aromatic N) is 1. The molecule has 1 heterocycles. The van der Waals surface area contributed by atoms with Gasteiger partial charge in [-0.3, -0.25) is 0 Å².